The lowest BCUT2D eigenvalue weighted by molar-refractivity contribution is 0.881. The van der Waals surface area contributed by atoms with Gasteiger partial charge in [0, 0.05) is 17.5 Å². The molecule has 0 saturated carbocycles. The summed E-state index contributed by atoms with van der Waals surface area (Å²) in [5.41, 5.74) is 4.46. The molecule has 0 saturated heterocycles. The minimum absolute atomic E-state index is 0.233. The molecule has 2 heterocycles. The molecule has 124 valence electrons. The molecule has 0 radical (unpaired) electrons. The Balaban J connectivity index is 1.63. The van der Waals surface area contributed by atoms with E-state index >= 15 is 0 Å². The highest BCUT2D eigenvalue weighted by molar-refractivity contribution is 5.78. The first-order valence-electron chi connectivity index (χ1n) is 7.76. The van der Waals surface area contributed by atoms with Crippen LogP contribution in [0.2, 0.25) is 0 Å². The zero-order valence-electron chi connectivity index (χ0n) is 13.5. The van der Waals surface area contributed by atoms with E-state index in [1.54, 1.807) is 6.20 Å². The smallest absolute Gasteiger partial charge is 0.216 e. The van der Waals surface area contributed by atoms with Crippen molar-refractivity contribution in [2.45, 2.75) is 0 Å². The number of benzene rings is 2. The average molecular weight is 340 g/mol. The molecule has 0 fully saturated rings. The first kappa shape index (κ1) is 15.4. The molecule has 0 atom stereocenters. The van der Waals surface area contributed by atoms with Crippen molar-refractivity contribution in [3.8, 4) is 17.3 Å². The fourth-order valence-electron chi connectivity index (χ4n) is 2.44. The molecule has 26 heavy (non-hydrogen) atoms. The summed E-state index contributed by atoms with van der Waals surface area (Å²) in [4.78, 5) is 9.09. The SMILES string of the molecule is N#CC(=CNc1cccc(-c2cnc3ccccc3n2)c1)c1nn[nH]n1. The van der Waals surface area contributed by atoms with Crippen molar-refractivity contribution < 1.29 is 0 Å². The van der Waals surface area contributed by atoms with Gasteiger partial charge in [-0.1, -0.05) is 24.3 Å². The molecule has 2 aromatic carbocycles. The number of nitriles is 1. The molecule has 0 aliphatic rings. The van der Waals surface area contributed by atoms with Crippen molar-refractivity contribution in [2.24, 2.45) is 0 Å². The van der Waals surface area contributed by atoms with E-state index in [0.29, 0.717) is 0 Å². The monoisotopic (exact) mass is 340 g/mol. The molecule has 0 aliphatic carbocycles. The van der Waals surface area contributed by atoms with E-state index in [2.05, 4.69) is 35.9 Å². The summed E-state index contributed by atoms with van der Waals surface area (Å²) in [5, 5.41) is 25.7. The molecule has 0 unspecified atom stereocenters. The highest BCUT2D eigenvalue weighted by Crippen LogP contribution is 2.22. The van der Waals surface area contributed by atoms with Gasteiger partial charge in [0.05, 0.1) is 22.9 Å². The molecule has 8 nitrogen and oxygen atoms in total. The minimum atomic E-state index is 0.233. The van der Waals surface area contributed by atoms with E-state index in [1.807, 2.05) is 54.6 Å². The lowest BCUT2D eigenvalue weighted by Crippen LogP contribution is -1.94. The van der Waals surface area contributed by atoms with E-state index in [-0.39, 0.29) is 11.4 Å². The molecule has 0 spiro atoms. The number of para-hydroxylation sites is 2. The van der Waals surface area contributed by atoms with Crippen LogP contribution in [0.3, 0.4) is 0 Å². The molecular formula is C18H12N8. The Bertz CT molecular complexity index is 1130. The number of hydrogen-bond acceptors (Lipinski definition) is 7. The second-order valence-corrected chi connectivity index (χ2v) is 5.37. The number of fused-ring (bicyclic) bond motifs is 1. The summed E-state index contributed by atoms with van der Waals surface area (Å²) in [6.45, 7) is 0. The topological polar surface area (TPSA) is 116 Å². The summed E-state index contributed by atoms with van der Waals surface area (Å²) in [5.74, 6) is 0.233. The Hall–Kier alpha value is -4.12. The van der Waals surface area contributed by atoms with Crippen molar-refractivity contribution in [3.63, 3.8) is 0 Å². The van der Waals surface area contributed by atoms with Gasteiger partial charge in [0.1, 0.15) is 11.6 Å². The molecule has 2 aromatic heterocycles. The summed E-state index contributed by atoms with van der Waals surface area (Å²) in [6, 6.07) is 17.4. The predicted molar refractivity (Wildman–Crippen MR) is 96.4 cm³/mol. The van der Waals surface area contributed by atoms with E-state index in [0.717, 1.165) is 28.0 Å². The van der Waals surface area contributed by atoms with Crippen LogP contribution in [0.4, 0.5) is 5.69 Å². The largest absolute Gasteiger partial charge is 0.360 e. The zero-order chi connectivity index (χ0) is 17.8. The van der Waals surface area contributed by atoms with Gasteiger partial charge in [0.25, 0.3) is 0 Å². The van der Waals surface area contributed by atoms with Gasteiger partial charge >= 0.3 is 0 Å². The highest BCUT2D eigenvalue weighted by Gasteiger charge is 2.06. The van der Waals surface area contributed by atoms with Gasteiger partial charge in [-0.25, -0.2) is 4.98 Å². The number of aromatic amines is 1. The van der Waals surface area contributed by atoms with Crippen molar-refractivity contribution in [2.75, 3.05) is 5.32 Å². The van der Waals surface area contributed by atoms with Crippen molar-refractivity contribution in [3.05, 3.63) is 66.8 Å². The standard InChI is InChI=1S/C18H12N8/c19-9-13(18-23-25-26-24-18)10-20-14-5-3-4-12(8-14)17-11-21-15-6-1-2-7-16(15)22-17/h1-8,10-11,20H,(H,23,24,25,26). The molecular weight excluding hydrogens is 328 g/mol. The molecule has 0 bridgehead atoms. The van der Waals surface area contributed by atoms with Crippen LogP contribution in [0.1, 0.15) is 5.82 Å². The van der Waals surface area contributed by atoms with Crippen LogP contribution in [0.15, 0.2) is 60.9 Å². The third kappa shape index (κ3) is 3.09. The number of rotatable bonds is 4. The third-order valence-electron chi connectivity index (χ3n) is 3.70. The minimum Gasteiger partial charge on any atom is -0.360 e. The first-order valence-corrected chi connectivity index (χ1v) is 7.76. The van der Waals surface area contributed by atoms with Gasteiger partial charge in [-0.3, -0.25) is 4.98 Å². The molecule has 0 aliphatic heterocycles. The van der Waals surface area contributed by atoms with Crippen LogP contribution < -0.4 is 5.32 Å². The van der Waals surface area contributed by atoms with Crippen LogP contribution >= 0.6 is 0 Å². The molecule has 8 heteroatoms. The number of H-pyrrole nitrogens is 1. The van der Waals surface area contributed by atoms with Gasteiger partial charge in [-0.05, 0) is 29.5 Å². The summed E-state index contributed by atoms with van der Waals surface area (Å²) in [6.07, 6.45) is 3.29. The maximum atomic E-state index is 9.21. The van der Waals surface area contributed by atoms with Crippen molar-refractivity contribution >= 4 is 22.3 Å². The Morgan fingerprint density at radius 1 is 1.12 bits per heavy atom. The number of aromatic nitrogens is 6. The summed E-state index contributed by atoms with van der Waals surface area (Å²) >= 11 is 0. The Kier molecular flexibility index (Phi) is 4.02. The molecule has 4 aromatic rings. The molecule has 0 amide bonds. The number of nitrogens with one attached hydrogen (secondary N) is 2. The van der Waals surface area contributed by atoms with Gasteiger partial charge in [-0.15, -0.1) is 10.2 Å². The Morgan fingerprint density at radius 3 is 2.81 bits per heavy atom. The van der Waals surface area contributed by atoms with Gasteiger partial charge in [-0.2, -0.15) is 10.5 Å². The maximum absolute atomic E-state index is 9.21. The van der Waals surface area contributed by atoms with Crippen LogP contribution in [0, 0.1) is 11.3 Å². The Labute approximate surface area is 148 Å². The van der Waals surface area contributed by atoms with E-state index in [1.165, 1.54) is 6.20 Å². The normalized spacial score (nSPS) is 11.3. The average Bonchev–Trinajstić information content (AvgIpc) is 3.23. The second-order valence-electron chi connectivity index (χ2n) is 5.37. The van der Waals surface area contributed by atoms with E-state index < -0.39 is 0 Å². The summed E-state index contributed by atoms with van der Waals surface area (Å²) < 4.78 is 0. The predicted octanol–water partition coefficient (Wildman–Crippen LogP) is 2.79. The van der Waals surface area contributed by atoms with E-state index in [4.69, 9.17) is 0 Å². The number of nitrogens with zero attached hydrogens (tertiary/aromatic N) is 6. The lowest BCUT2D eigenvalue weighted by Gasteiger charge is -2.06. The number of hydrogen-bond donors (Lipinski definition) is 2. The maximum Gasteiger partial charge on any atom is 0.216 e. The number of allylic oxidation sites excluding steroid dienone is 1. The summed E-state index contributed by atoms with van der Waals surface area (Å²) in [7, 11) is 0. The van der Waals surface area contributed by atoms with Gasteiger partial charge in [0.2, 0.25) is 5.82 Å². The van der Waals surface area contributed by atoms with Crippen molar-refractivity contribution in [1.82, 2.24) is 30.6 Å². The third-order valence-corrected chi connectivity index (χ3v) is 3.70. The highest BCUT2D eigenvalue weighted by atomic mass is 15.5. The Morgan fingerprint density at radius 2 is 2.00 bits per heavy atom. The first-order chi connectivity index (χ1) is 12.8. The fourth-order valence-corrected chi connectivity index (χ4v) is 2.44. The quantitative estimate of drug-likeness (QED) is 0.549. The van der Waals surface area contributed by atoms with Crippen LogP contribution in [0.25, 0.3) is 27.9 Å². The van der Waals surface area contributed by atoms with Crippen LogP contribution in [-0.2, 0) is 0 Å². The van der Waals surface area contributed by atoms with Crippen LogP contribution in [0.5, 0.6) is 0 Å². The zero-order valence-corrected chi connectivity index (χ0v) is 13.5. The molecule has 4 rings (SSSR count). The number of anilines is 1. The number of tetrazole rings is 1. The fraction of sp³-hybridized carbons (Fsp3) is 0. The lowest BCUT2D eigenvalue weighted by atomic mass is 10.1. The van der Waals surface area contributed by atoms with Gasteiger partial charge in [0.15, 0.2) is 0 Å². The van der Waals surface area contributed by atoms with Crippen LogP contribution in [-0.4, -0.2) is 30.6 Å². The van der Waals surface area contributed by atoms with E-state index in [9.17, 15) is 5.26 Å². The molecule has 2 N–H and O–H groups in total. The second kappa shape index (κ2) is 6.78. The van der Waals surface area contributed by atoms with Gasteiger partial charge < -0.3 is 5.32 Å². The van der Waals surface area contributed by atoms with Crippen molar-refractivity contribution in [1.29, 1.82) is 5.26 Å².